The molecule has 0 saturated heterocycles. The van der Waals surface area contributed by atoms with Crippen LogP contribution in [0.25, 0.3) is 0 Å². The highest BCUT2D eigenvalue weighted by Gasteiger charge is 2.15. The fourth-order valence-electron chi connectivity index (χ4n) is 2.69. The third-order valence-corrected chi connectivity index (χ3v) is 4.36. The molecule has 1 amide bonds. The van der Waals surface area contributed by atoms with Gasteiger partial charge in [-0.1, -0.05) is 23.7 Å². The van der Waals surface area contributed by atoms with Crippen molar-refractivity contribution >= 4 is 17.5 Å². The first-order valence-electron chi connectivity index (χ1n) is 8.32. The Morgan fingerprint density at radius 1 is 1.04 bits per heavy atom. The number of benzene rings is 2. The molecule has 0 spiro atoms. The van der Waals surface area contributed by atoms with E-state index in [-0.39, 0.29) is 11.9 Å². The van der Waals surface area contributed by atoms with E-state index in [4.69, 9.17) is 25.8 Å². The standard InChI is InChI=1S/C20H24ClNO4/c1-13(15-6-8-16(21)9-7-15)22-19(23)10-5-14-11-17(24-2)20(26-4)18(12-14)25-3/h6-9,11-13H,5,10H2,1-4H3,(H,22,23). The number of nitrogens with one attached hydrogen (secondary N) is 1. The van der Waals surface area contributed by atoms with Gasteiger partial charge in [0.1, 0.15) is 0 Å². The summed E-state index contributed by atoms with van der Waals surface area (Å²) in [6.07, 6.45) is 0.923. The lowest BCUT2D eigenvalue weighted by Crippen LogP contribution is -2.26. The van der Waals surface area contributed by atoms with Crippen LogP contribution in [-0.4, -0.2) is 27.2 Å². The Bertz CT molecular complexity index is 721. The lowest BCUT2D eigenvalue weighted by molar-refractivity contribution is -0.121. The van der Waals surface area contributed by atoms with Crippen LogP contribution in [-0.2, 0) is 11.2 Å². The van der Waals surface area contributed by atoms with Crippen molar-refractivity contribution in [1.29, 1.82) is 0 Å². The largest absolute Gasteiger partial charge is 0.493 e. The van der Waals surface area contributed by atoms with Crippen molar-refractivity contribution in [3.05, 3.63) is 52.5 Å². The third-order valence-electron chi connectivity index (χ3n) is 4.11. The van der Waals surface area contributed by atoms with Gasteiger partial charge >= 0.3 is 0 Å². The summed E-state index contributed by atoms with van der Waals surface area (Å²) in [4.78, 5) is 12.3. The van der Waals surface area contributed by atoms with E-state index >= 15 is 0 Å². The first kappa shape index (κ1) is 19.9. The minimum Gasteiger partial charge on any atom is -0.493 e. The molecule has 0 aromatic heterocycles. The molecule has 0 heterocycles. The van der Waals surface area contributed by atoms with Crippen molar-refractivity contribution < 1.29 is 19.0 Å². The first-order chi connectivity index (χ1) is 12.5. The maximum Gasteiger partial charge on any atom is 0.220 e. The Morgan fingerprint density at radius 3 is 2.12 bits per heavy atom. The van der Waals surface area contributed by atoms with Crippen molar-refractivity contribution in [3.8, 4) is 17.2 Å². The van der Waals surface area contributed by atoms with E-state index in [0.717, 1.165) is 11.1 Å². The van der Waals surface area contributed by atoms with Gasteiger partial charge in [-0.15, -0.1) is 0 Å². The number of aryl methyl sites for hydroxylation is 1. The van der Waals surface area contributed by atoms with Crippen LogP contribution in [0.15, 0.2) is 36.4 Å². The highest BCUT2D eigenvalue weighted by molar-refractivity contribution is 6.30. The zero-order valence-electron chi connectivity index (χ0n) is 15.5. The zero-order valence-corrected chi connectivity index (χ0v) is 16.2. The molecule has 1 atom stereocenters. The summed E-state index contributed by atoms with van der Waals surface area (Å²) < 4.78 is 16.0. The smallest absolute Gasteiger partial charge is 0.220 e. The van der Waals surface area contributed by atoms with Crippen LogP contribution in [0.2, 0.25) is 5.02 Å². The van der Waals surface area contributed by atoms with E-state index in [2.05, 4.69) is 5.32 Å². The number of rotatable bonds is 8. The van der Waals surface area contributed by atoms with Gasteiger partial charge in [0.15, 0.2) is 11.5 Å². The summed E-state index contributed by atoms with van der Waals surface area (Å²) in [6, 6.07) is 11.1. The molecule has 0 aliphatic heterocycles. The molecule has 1 N–H and O–H groups in total. The number of halogens is 1. The molecule has 26 heavy (non-hydrogen) atoms. The topological polar surface area (TPSA) is 56.8 Å². The second-order valence-electron chi connectivity index (χ2n) is 5.87. The van der Waals surface area contributed by atoms with Gasteiger partial charge in [0.05, 0.1) is 27.4 Å². The number of hydrogen-bond donors (Lipinski definition) is 1. The number of carbonyl (C=O) groups is 1. The highest BCUT2D eigenvalue weighted by Crippen LogP contribution is 2.38. The van der Waals surface area contributed by atoms with Gasteiger partial charge in [0, 0.05) is 11.4 Å². The van der Waals surface area contributed by atoms with Crippen molar-refractivity contribution in [2.24, 2.45) is 0 Å². The molecule has 0 radical (unpaired) electrons. The number of carbonyl (C=O) groups excluding carboxylic acids is 1. The molecule has 6 heteroatoms. The van der Waals surface area contributed by atoms with E-state index in [1.54, 1.807) is 21.3 Å². The van der Waals surface area contributed by atoms with E-state index < -0.39 is 0 Å². The number of ether oxygens (including phenoxy) is 3. The number of amides is 1. The van der Waals surface area contributed by atoms with Crippen molar-refractivity contribution in [3.63, 3.8) is 0 Å². The van der Waals surface area contributed by atoms with Crippen LogP contribution in [0.3, 0.4) is 0 Å². The average Bonchev–Trinajstić information content (AvgIpc) is 2.65. The van der Waals surface area contributed by atoms with Gasteiger partial charge in [-0.3, -0.25) is 4.79 Å². The normalized spacial score (nSPS) is 11.6. The second kappa shape index (κ2) is 9.34. The van der Waals surface area contributed by atoms with Crippen molar-refractivity contribution in [2.75, 3.05) is 21.3 Å². The average molecular weight is 378 g/mol. The molecule has 1 unspecified atom stereocenters. The first-order valence-corrected chi connectivity index (χ1v) is 8.70. The lowest BCUT2D eigenvalue weighted by atomic mass is 10.1. The maximum absolute atomic E-state index is 12.3. The molecular formula is C20H24ClNO4. The van der Waals surface area contributed by atoms with Gasteiger partial charge in [0.2, 0.25) is 11.7 Å². The SMILES string of the molecule is COc1cc(CCC(=O)NC(C)c2ccc(Cl)cc2)cc(OC)c1OC. The minimum absolute atomic E-state index is 0.0267. The molecule has 5 nitrogen and oxygen atoms in total. The third kappa shape index (κ3) is 5.05. The van der Waals surface area contributed by atoms with Gasteiger partial charge in [0.25, 0.3) is 0 Å². The lowest BCUT2D eigenvalue weighted by Gasteiger charge is -2.16. The molecular weight excluding hydrogens is 354 g/mol. The zero-order chi connectivity index (χ0) is 19.1. The monoisotopic (exact) mass is 377 g/mol. The van der Waals surface area contributed by atoms with E-state index in [0.29, 0.717) is 35.1 Å². The van der Waals surface area contributed by atoms with Gasteiger partial charge in [-0.2, -0.15) is 0 Å². The minimum atomic E-state index is -0.0836. The van der Waals surface area contributed by atoms with E-state index in [1.807, 2.05) is 43.3 Å². The van der Waals surface area contributed by atoms with Crippen LogP contribution < -0.4 is 19.5 Å². The fourth-order valence-corrected chi connectivity index (χ4v) is 2.81. The summed E-state index contributed by atoms with van der Waals surface area (Å²) in [5, 5.41) is 3.67. The van der Waals surface area contributed by atoms with Crippen LogP contribution in [0.4, 0.5) is 0 Å². The van der Waals surface area contributed by atoms with E-state index in [1.165, 1.54) is 0 Å². The van der Waals surface area contributed by atoms with Crippen molar-refractivity contribution in [2.45, 2.75) is 25.8 Å². The molecule has 140 valence electrons. The van der Waals surface area contributed by atoms with E-state index in [9.17, 15) is 4.79 Å². The molecule has 2 aromatic rings. The van der Waals surface area contributed by atoms with Crippen LogP contribution in [0, 0.1) is 0 Å². The molecule has 2 aromatic carbocycles. The van der Waals surface area contributed by atoms with Crippen LogP contribution in [0.1, 0.15) is 30.5 Å². The van der Waals surface area contributed by atoms with Gasteiger partial charge in [-0.25, -0.2) is 0 Å². The van der Waals surface area contributed by atoms with Gasteiger partial charge < -0.3 is 19.5 Å². The summed E-state index contributed by atoms with van der Waals surface area (Å²) in [5.74, 6) is 1.68. The Labute approximate surface area is 159 Å². The summed E-state index contributed by atoms with van der Waals surface area (Å²) >= 11 is 5.89. The summed E-state index contributed by atoms with van der Waals surface area (Å²) in [7, 11) is 4.70. The van der Waals surface area contributed by atoms with Crippen LogP contribution in [0.5, 0.6) is 17.2 Å². The Kier molecular flexibility index (Phi) is 7.16. The quantitative estimate of drug-likeness (QED) is 0.749. The molecule has 2 rings (SSSR count). The second-order valence-corrected chi connectivity index (χ2v) is 6.31. The Hall–Kier alpha value is -2.40. The summed E-state index contributed by atoms with van der Waals surface area (Å²) in [5.41, 5.74) is 1.95. The molecule has 0 saturated carbocycles. The van der Waals surface area contributed by atoms with Gasteiger partial charge in [-0.05, 0) is 48.7 Å². The summed E-state index contributed by atoms with van der Waals surface area (Å²) in [6.45, 7) is 1.95. The Morgan fingerprint density at radius 2 is 1.62 bits per heavy atom. The predicted octanol–water partition coefficient (Wildman–Crippen LogP) is 4.18. The predicted molar refractivity (Wildman–Crippen MR) is 102 cm³/mol. The number of methoxy groups -OCH3 is 3. The molecule has 0 aliphatic rings. The van der Waals surface area contributed by atoms with Crippen molar-refractivity contribution in [1.82, 2.24) is 5.32 Å². The highest BCUT2D eigenvalue weighted by atomic mass is 35.5. The maximum atomic E-state index is 12.3. The number of hydrogen-bond acceptors (Lipinski definition) is 4. The molecule has 0 fully saturated rings. The molecule has 0 bridgehead atoms. The Balaban J connectivity index is 1.99. The molecule has 0 aliphatic carbocycles. The fraction of sp³-hybridized carbons (Fsp3) is 0.350. The van der Waals surface area contributed by atoms with Crippen LogP contribution >= 0.6 is 11.6 Å².